The molecule has 9 heteroatoms. The van der Waals surface area contributed by atoms with Gasteiger partial charge in [0.2, 0.25) is 0 Å². The maximum atomic E-state index is 13.6. The van der Waals surface area contributed by atoms with E-state index in [-0.39, 0.29) is 5.84 Å². The zero-order valence-electron chi connectivity index (χ0n) is 13.1. The molecule has 0 aliphatic carbocycles. The van der Waals surface area contributed by atoms with Gasteiger partial charge in [0.25, 0.3) is 11.8 Å². The van der Waals surface area contributed by atoms with Crippen LogP contribution >= 0.6 is 0 Å². The second-order valence-electron chi connectivity index (χ2n) is 5.57. The maximum absolute atomic E-state index is 13.6. The van der Waals surface area contributed by atoms with Crippen molar-refractivity contribution < 1.29 is 27.2 Å². The molecule has 1 unspecified atom stereocenters. The van der Waals surface area contributed by atoms with Gasteiger partial charge in [0.15, 0.2) is 0 Å². The van der Waals surface area contributed by atoms with Crippen LogP contribution in [0.3, 0.4) is 0 Å². The fourth-order valence-corrected chi connectivity index (χ4v) is 2.49. The minimum atomic E-state index is -5.18. The molecule has 5 nitrogen and oxygen atoms in total. The number of amides is 2. The van der Waals surface area contributed by atoms with E-state index in [2.05, 4.69) is 4.99 Å². The Kier molecular flexibility index (Phi) is 4.38. The molecule has 0 aromatic heterocycles. The monoisotopic (exact) mass is 345 g/mol. The van der Waals surface area contributed by atoms with Crippen molar-refractivity contribution in [3.05, 3.63) is 35.6 Å². The van der Waals surface area contributed by atoms with Crippen molar-refractivity contribution in [1.29, 1.82) is 0 Å². The van der Waals surface area contributed by atoms with Crippen LogP contribution in [0.15, 0.2) is 29.3 Å². The maximum Gasteiger partial charge on any atom is 0.442 e. The van der Waals surface area contributed by atoms with Crippen LogP contribution in [0.2, 0.25) is 0 Å². The summed E-state index contributed by atoms with van der Waals surface area (Å²) in [5.74, 6) is -3.98. The van der Waals surface area contributed by atoms with Gasteiger partial charge in [0.1, 0.15) is 11.7 Å². The number of rotatable bonds is 3. The number of nitrogens with one attached hydrogen (secondary N) is 1. The number of alkyl halides is 3. The molecule has 130 valence electrons. The molecular weight excluding hydrogens is 330 g/mol. The Morgan fingerprint density at radius 1 is 1.29 bits per heavy atom. The van der Waals surface area contributed by atoms with E-state index in [1.807, 2.05) is 0 Å². The van der Waals surface area contributed by atoms with E-state index in [1.54, 1.807) is 5.32 Å². The molecule has 1 aromatic rings. The van der Waals surface area contributed by atoms with Crippen molar-refractivity contribution in [3.63, 3.8) is 0 Å². The van der Waals surface area contributed by atoms with Crippen LogP contribution in [0.1, 0.15) is 31.1 Å². The first kappa shape index (κ1) is 17.9. The normalized spacial score (nSPS) is 21.2. The van der Waals surface area contributed by atoms with Gasteiger partial charge in [0.05, 0.1) is 5.56 Å². The van der Waals surface area contributed by atoms with Gasteiger partial charge in [-0.25, -0.2) is 9.38 Å². The minimum Gasteiger partial charge on any atom is -0.312 e. The molecule has 0 spiro atoms. The molecule has 1 heterocycles. The number of carbonyl (C=O) groups excluding carboxylic acids is 2. The predicted octanol–water partition coefficient (Wildman–Crippen LogP) is 2.48. The van der Waals surface area contributed by atoms with Crippen LogP contribution in [0, 0.1) is 5.82 Å². The number of hydrogen-bond acceptors (Lipinski definition) is 3. The molecule has 0 saturated carbocycles. The van der Waals surface area contributed by atoms with E-state index in [0.29, 0.717) is 0 Å². The zero-order valence-corrected chi connectivity index (χ0v) is 13.1. The van der Waals surface area contributed by atoms with Crippen molar-refractivity contribution in [1.82, 2.24) is 10.2 Å². The number of benzene rings is 1. The minimum absolute atomic E-state index is 0.179. The quantitative estimate of drug-likeness (QED) is 0.856. The lowest BCUT2D eigenvalue weighted by Gasteiger charge is -2.30. The van der Waals surface area contributed by atoms with Gasteiger partial charge >= 0.3 is 11.8 Å². The lowest BCUT2D eigenvalue weighted by atomic mass is 10.1. The number of amidine groups is 1. The Morgan fingerprint density at radius 3 is 2.33 bits per heavy atom. The molecule has 2 amide bonds. The largest absolute Gasteiger partial charge is 0.442 e. The summed E-state index contributed by atoms with van der Waals surface area (Å²) in [5.41, 5.74) is -4.06. The molecule has 1 aromatic carbocycles. The molecule has 1 N–H and O–H groups in total. The van der Waals surface area contributed by atoms with E-state index in [4.69, 9.17) is 0 Å². The van der Waals surface area contributed by atoms with Crippen LogP contribution in [-0.4, -0.2) is 40.4 Å². The lowest BCUT2D eigenvalue weighted by molar-refractivity contribution is -0.196. The Morgan fingerprint density at radius 2 is 1.88 bits per heavy atom. The number of aliphatic imine (C=N–C) groups is 1. The fraction of sp³-hybridized carbons (Fsp3) is 0.400. The number of hydrogen-bond donors (Lipinski definition) is 1. The van der Waals surface area contributed by atoms with Crippen LogP contribution < -0.4 is 5.32 Å². The van der Waals surface area contributed by atoms with E-state index >= 15 is 0 Å². The topological polar surface area (TPSA) is 61.8 Å². The second kappa shape index (κ2) is 5.88. The van der Waals surface area contributed by atoms with Gasteiger partial charge in [-0.2, -0.15) is 13.2 Å². The first-order chi connectivity index (χ1) is 11.0. The molecule has 0 fully saturated rings. The summed E-state index contributed by atoms with van der Waals surface area (Å²) in [5, 5.41) is 1.57. The van der Waals surface area contributed by atoms with Crippen LogP contribution in [0.4, 0.5) is 17.6 Å². The highest BCUT2D eigenvalue weighted by molar-refractivity contribution is 6.10. The fourth-order valence-electron chi connectivity index (χ4n) is 2.49. The second-order valence-corrected chi connectivity index (χ2v) is 5.57. The third-order valence-corrected chi connectivity index (χ3v) is 3.55. The molecule has 24 heavy (non-hydrogen) atoms. The van der Waals surface area contributed by atoms with Crippen LogP contribution in [-0.2, 0) is 4.79 Å². The van der Waals surface area contributed by atoms with Gasteiger partial charge in [-0.15, -0.1) is 0 Å². The average molecular weight is 345 g/mol. The van der Waals surface area contributed by atoms with Crippen molar-refractivity contribution in [3.8, 4) is 0 Å². The highest BCUT2D eigenvalue weighted by atomic mass is 19.4. The van der Waals surface area contributed by atoms with Crippen molar-refractivity contribution >= 4 is 17.6 Å². The third-order valence-electron chi connectivity index (χ3n) is 3.55. The summed E-state index contributed by atoms with van der Waals surface area (Å²) >= 11 is 0. The Labute approximate surface area is 135 Å². The first-order valence-electron chi connectivity index (χ1n) is 7.05. The Balaban J connectivity index is 2.47. The number of carbonyl (C=O) groups is 2. The highest BCUT2D eigenvalue weighted by Crippen LogP contribution is 2.38. The van der Waals surface area contributed by atoms with Crippen molar-refractivity contribution in [2.24, 2.45) is 4.99 Å². The number of nitrogens with zero attached hydrogens (tertiary/aromatic N) is 2. The standard InChI is InChI=1S/C15H15F4N3O2/c1-8(2)22-9(3)20-14(13(22)24,15(17,18)19)21-12(23)10-6-4-5-7-11(10)16/h4-8H,1-3H3,(H,21,23). The van der Waals surface area contributed by atoms with Gasteiger partial charge < -0.3 is 5.32 Å². The van der Waals surface area contributed by atoms with E-state index in [9.17, 15) is 27.2 Å². The first-order valence-corrected chi connectivity index (χ1v) is 7.05. The summed E-state index contributed by atoms with van der Waals surface area (Å²) in [7, 11) is 0. The smallest absolute Gasteiger partial charge is 0.312 e. The molecule has 0 bridgehead atoms. The Bertz CT molecular complexity index is 715. The van der Waals surface area contributed by atoms with Crippen LogP contribution in [0.25, 0.3) is 0 Å². The van der Waals surface area contributed by atoms with E-state index in [0.717, 1.165) is 17.0 Å². The predicted molar refractivity (Wildman–Crippen MR) is 77.7 cm³/mol. The van der Waals surface area contributed by atoms with Crippen LogP contribution in [0.5, 0.6) is 0 Å². The van der Waals surface area contributed by atoms with Gasteiger partial charge in [0, 0.05) is 6.04 Å². The lowest BCUT2D eigenvalue weighted by Crippen LogP contribution is -2.64. The highest BCUT2D eigenvalue weighted by Gasteiger charge is 2.67. The molecule has 1 aliphatic heterocycles. The van der Waals surface area contributed by atoms with Gasteiger partial charge in [-0.05, 0) is 32.9 Å². The zero-order chi connectivity index (χ0) is 18.3. The summed E-state index contributed by atoms with van der Waals surface area (Å²) < 4.78 is 54.4. The molecule has 0 radical (unpaired) electrons. The number of halogens is 4. The Hall–Kier alpha value is -2.45. The molecule has 2 rings (SSSR count). The van der Waals surface area contributed by atoms with E-state index < -0.39 is 41.1 Å². The molecule has 1 atom stereocenters. The molecule has 1 aliphatic rings. The van der Waals surface area contributed by atoms with Gasteiger partial charge in [-0.1, -0.05) is 12.1 Å². The summed E-state index contributed by atoms with van der Waals surface area (Å²) in [6, 6.07) is 3.94. The molecular formula is C15H15F4N3O2. The summed E-state index contributed by atoms with van der Waals surface area (Å²) in [6.45, 7) is 4.27. The van der Waals surface area contributed by atoms with Crippen molar-refractivity contribution in [2.45, 2.75) is 38.7 Å². The van der Waals surface area contributed by atoms with Gasteiger partial charge in [-0.3, -0.25) is 14.5 Å². The SMILES string of the molecule is CC1=NC(NC(=O)c2ccccc2F)(C(F)(F)F)C(=O)N1C(C)C. The van der Waals surface area contributed by atoms with E-state index in [1.165, 1.54) is 32.9 Å². The average Bonchev–Trinajstić information content (AvgIpc) is 2.70. The molecule has 0 saturated heterocycles. The van der Waals surface area contributed by atoms with Crippen molar-refractivity contribution in [2.75, 3.05) is 0 Å². The summed E-state index contributed by atoms with van der Waals surface area (Å²) in [4.78, 5) is 28.7. The summed E-state index contributed by atoms with van der Waals surface area (Å²) in [6.07, 6.45) is -5.18. The third kappa shape index (κ3) is 2.74.